The summed E-state index contributed by atoms with van der Waals surface area (Å²) in [5, 5.41) is 0. The average Bonchev–Trinajstić information content (AvgIpc) is 2.24. The summed E-state index contributed by atoms with van der Waals surface area (Å²) in [6.07, 6.45) is 2.41. The molecule has 0 aliphatic heterocycles. The first-order chi connectivity index (χ1) is 7.61. The maximum Gasteiger partial charge on any atom is 0.191 e. The molecule has 0 heterocycles. The number of hydrogen-bond donors (Lipinski definition) is 1. The van der Waals surface area contributed by atoms with Gasteiger partial charge in [-0.25, -0.2) is 0 Å². The van der Waals surface area contributed by atoms with Crippen LogP contribution in [-0.4, -0.2) is 43.2 Å². The van der Waals surface area contributed by atoms with Gasteiger partial charge in [-0.15, -0.1) is 24.0 Å². The highest BCUT2D eigenvalue weighted by Gasteiger charge is 2.00. The molecule has 0 radical (unpaired) electrons. The van der Waals surface area contributed by atoms with E-state index in [2.05, 4.69) is 37.6 Å². The zero-order valence-corrected chi connectivity index (χ0v) is 13.9. The molecule has 17 heavy (non-hydrogen) atoms. The van der Waals surface area contributed by atoms with Gasteiger partial charge in [-0.1, -0.05) is 0 Å². The number of guanidine groups is 1. The van der Waals surface area contributed by atoms with Gasteiger partial charge in [-0.2, -0.15) is 0 Å². The largest absolute Gasteiger partial charge is 0.379 e. The number of rotatable bonds is 8. The van der Waals surface area contributed by atoms with Gasteiger partial charge in [0, 0.05) is 26.2 Å². The predicted octanol–water partition coefficient (Wildman–Crippen LogP) is 2.47. The van der Waals surface area contributed by atoms with Crippen LogP contribution in [0, 0.1) is 0 Å². The molecule has 0 aromatic rings. The quantitative estimate of drug-likeness (QED) is 0.314. The molecule has 0 saturated heterocycles. The standard InChI is InChI=1S/C12H27N3O.HI/c1-5-15(6-2)12(13)14-9-7-8-10-16-11(3)4;/h11H,5-10H2,1-4H3,(H2,13,14);1H. The normalized spacial score (nSPS) is 11.5. The molecule has 0 fully saturated rings. The Balaban J connectivity index is 0. The van der Waals surface area contributed by atoms with Gasteiger partial charge in [-0.05, 0) is 40.5 Å². The van der Waals surface area contributed by atoms with Crippen molar-refractivity contribution in [3.05, 3.63) is 0 Å². The highest BCUT2D eigenvalue weighted by Crippen LogP contribution is 1.95. The lowest BCUT2D eigenvalue weighted by Gasteiger charge is -2.19. The van der Waals surface area contributed by atoms with Crippen molar-refractivity contribution in [3.63, 3.8) is 0 Å². The van der Waals surface area contributed by atoms with Crippen molar-refractivity contribution in [2.75, 3.05) is 26.2 Å². The number of unbranched alkanes of at least 4 members (excludes halogenated alkanes) is 1. The van der Waals surface area contributed by atoms with E-state index < -0.39 is 0 Å². The van der Waals surface area contributed by atoms with Gasteiger partial charge >= 0.3 is 0 Å². The first-order valence-corrected chi connectivity index (χ1v) is 6.28. The summed E-state index contributed by atoms with van der Waals surface area (Å²) in [7, 11) is 0. The van der Waals surface area contributed by atoms with Gasteiger partial charge in [0.25, 0.3) is 0 Å². The van der Waals surface area contributed by atoms with Crippen LogP contribution in [0.4, 0.5) is 0 Å². The number of ether oxygens (including phenoxy) is 1. The number of nitrogens with two attached hydrogens (primary N) is 1. The maximum atomic E-state index is 5.85. The third-order valence-electron chi connectivity index (χ3n) is 2.36. The minimum absolute atomic E-state index is 0. The molecular weight excluding hydrogens is 329 g/mol. The summed E-state index contributed by atoms with van der Waals surface area (Å²) in [4.78, 5) is 6.41. The lowest BCUT2D eigenvalue weighted by atomic mass is 10.3. The highest BCUT2D eigenvalue weighted by atomic mass is 127. The van der Waals surface area contributed by atoms with E-state index in [-0.39, 0.29) is 24.0 Å². The minimum Gasteiger partial charge on any atom is -0.379 e. The van der Waals surface area contributed by atoms with Crippen molar-refractivity contribution < 1.29 is 4.74 Å². The zero-order chi connectivity index (χ0) is 12.4. The Morgan fingerprint density at radius 2 is 1.82 bits per heavy atom. The lowest BCUT2D eigenvalue weighted by molar-refractivity contribution is 0.0763. The number of aliphatic imine (C=N–C) groups is 1. The number of hydrogen-bond acceptors (Lipinski definition) is 2. The molecule has 2 N–H and O–H groups in total. The second-order valence-electron chi connectivity index (χ2n) is 4.04. The monoisotopic (exact) mass is 357 g/mol. The van der Waals surface area contributed by atoms with Gasteiger partial charge in [0.05, 0.1) is 6.10 Å². The van der Waals surface area contributed by atoms with E-state index >= 15 is 0 Å². The Morgan fingerprint density at radius 1 is 1.24 bits per heavy atom. The predicted molar refractivity (Wildman–Crippen MR) is 85.1 cm³/mol. The Hall–Kier alpha value is -0.0400. The van der Waals surface area contributed by atoms with E-state index in [1.54, 1.807) is 0 Å². The first kappa shape index (κ1) is 19.3. The summed E-state index contributed by atoms with van der Waals surface area (Å²) in [5.41, 5.74) is 5.85. The molecule has 0 aliphatic carbocycles. The lowest BCUT2D eigenvalue weighted by Crippen LogP contribution is -2.37. The molecule has 0 amide bonds. The molecule has 0 aliphatic rings. The SMILES string of the molecule is CCN(CC)C(N)=NCCCCOC(C)C.I. The molecule has 0 atom stereocenters. The summed E-state index contributed by atoms with van der Waals surface area (Å²) >= 11 is 0. The molecule has 0 saturated carbocycles. The Bertz CT molecular complexity index is 194. The number of nitrogens with zero attached hydrogens (tertiary/aromatic N) is 2. The van der Waals surface area contributed by atoms with Crippen LogP contribution in [-0.2, 0) is 4.74 Å². The second-order valence-corrected chi connectivity index (χ2v) is 4.04. The van der Waals surface area contributed by atoms with E-state index in [1.807, 2.05) is 0 Å². The molecule has 104 valence electrons. The van der Waals surface area contributed by atoms with Crippen LogP contribution in [0.1, 0.15) is 40.5 Å². The highest BCUT2D eigenvalue weighted by molar-refractivity contribution is 14.0. The van der Waals surface area contributed by atoms with Crippen molar-refractivity contribution in [1.82, 2.24) is 4.90 Å². The Kier molecular flexibility index (Phi) is 14.1. The molecule has 0 aromatic carbocycles. The van der Waals surface area contributed by atoms with Gasteiger partial charge in [-0.3, -0.25) is 4.99 Å². The summed E-state index contributed by atoms with van der Waals surface area (Å²) < 4.78 is 5.45. The van der Waals surface area contributed by atoms with E-state index in [1.165, 1.54) is 0 Å². The van der Waals surface area contributed by atoms with Gasteiger partial charge < -0.3 is 15.4 Å². The Morgan fingerprint density at radius 3 is 2.29 bits per heavy atom. The molecule has 0 rings (SSSR count). The maximum absolute atomic E-state index is 5.85. The second kappa shape index (κ2) is 12.4. The van der Waals surface area contributed by atoms with Crippen LogP contribution in [0.2, 0.25) is 0 Å². The van der Waals surface area contributed by atoms with Crippen LogP contribution in [0.3, 0.4) is 0 Å². The molecule has 5 heteroatoms. The van der Waals surface area contributed by atoms with Crippen molar-refractivity contribution in [2.24, 2.45) is 10.7 Å². The molecule has 0 unspecified atom stereocenters. The summed E-state index contributed by atoms with van der Waals surface area (Å²) in [5.74, 6) is 0.662. The molecule has 0 aromatic heterocycles. The fraction of sp³-hybridized carbons (Fsp3) is 0.917. The van der Waals surface area contributed by atoms with Crippen LogP contribution in [0.25, 0.3) is 0 Å². The van der Waals surface area contributed by atoms with Gasteiger partial charge in [0.15, 0.2) is 5.96 Å². The molecule has 0 spiro atoms. The van der Waals surface area contributed by atoms with Crippen LogP contribution in [0.15, 0.2) is 4.99 Å². The smallest absolute Gasteiger partial charge is 0.191 e. The minimum atomic E-state index is 0. The van der Waals surface area contributed by atoms with E-state index in [4.69, 9.17) is 10.5 Å². The van der Waals surface area contributed by atoms with Crippen molar-refractivity contribution in [2.45, 2.75) is 46.6 Å². The molecule has 0 bridgehead atoms. The van der Waals surface area contributed by atoms with Crippen LogP contribution in [0.5, 0.6) is 0 Å². The van der Waals surface area contributed by atoms with Gasteiger partial charge in [0.2, 0.25) is 0 Å². The van der Waals surface area contributed by atoms with E-state index in [9.17, 15) is 0 Å². The summed E-state index contributed by atoms with van der Waals surface area (Å²) in [6.45, 7) is 11.7. The van der Waals surface area contributed by atoms with Crippen LogP contribution < -0.4 is 5.73 Å². The van der Waals surface area contributed by atoms with Crippen molar-refractivity contribution in [1.29, 1.82) is 0 Å². The number of halogens is 1. The van der Waals surface area contributed by atoms with Crippen LogP contribution >= 0.6 is 24.0 Å². The van der Waals surface area contributed by atoms with Crippen molar-refractivity contribution >= 4 is 29.9 Å². The van der Waals surface area contributed by atoms with E-state index in [0.29, 0.717) is 12.1 Å². The van der Waals surface area contributed by atoms with E-state index in [0.717, 1.165) is 39.1 Å². The molecule has 4 nitrogen and oxygen atoms in total. The fourth-order valence-corrected chi connectivity index (χ4v) is 1.37. The summed E-state index contributed by atoms with van der Waals surface area (Å²) in [6, 6.07) is 0. The fourth-order valence-electron chi connectivity index (χ4n) is 1.37. The zero-order valence-electron chi connectivity index (χ0n) is 11.6. The topological polar surface area (TPSA) is 50.8 Å². The van der Waals surface area contributed by atoms with Crippen molar-refractivity contribution in [3.8, 4) is 0 Å². The third-order valence-corrected chi connectivity index (χ3v) is 2.36. The first-order valence-electron chi connectivity index (χ1n) is 6.28. The molecular formula is C12H28IN3O. The Labute approximate surface area is 123 Å². The average molecular weight is 357 g/mol. The van der Waals surface area contributed by atoms with Gasteiger partial charge in [0.1, 0.15) is 0 Å². The third kappa shape index (κ3) is 10.8.